The molecule has 4 unspecified atom stereocenters. The normalized spacial score (nSPS) is 38.9. The molecule has 16 heavy (non-hydrogen) atoms. The molecule has 92 valence electrons. The van der Waals surface area contributed by atoms with Crippen LogP contribution in [0.5, 0.6) is 0 Å². The Hall–Kier alpha value is -0.610. The van der Waals surface area contributed by atoms with Gasteiger partial charge in [0, 0.05) is 12.6 Å². The van der Waals surface area contributed by atoms with Crippen LogP contribution in [0, 0.1) is 17.8 Å². The fourth-order valence-electron chi connectivity index (χ4n) is 2.73. The highest BCUT2D eigenvalue weighted by atomic mass is 16.5. The summed E-state index contributed by atoms with van der Waals surface area (Å²) in [4.78, 5) is 11.8. The number of carbonyl (C=O) groups excluding carboxylic acids is 1. The van der Waals surface area contributed by atoms with Crippen molar-refractivity contribution in [1.82, 2.24) is 5.32 Å². The third-order valence-electron chi connectivity index (χ3n) is 4.04. The van der Waals surface area contributed by atoms with Crippen LogP contribution >= 0.6 is 0 Å². The van der Waals surface area contributed by atoms with Crippen LogP contribution in [0.15, 0.2) is 0 Å². The molecule has 2 fully saturated rings. The van der Waals surface area contributed by atoms with Gasteiger partial charge in [-0.15, -0.1) is 0 Å². The van der Waals surface area contributed by atoms with Crippen LogP contribution in [0.25, 0.3) is 0 Å². The number of nitrogens with one attached hydrogen (secondary N) is 1. The number of rotatable bonds is 3. The van der Waals surface area contributed by atoms with E-state index in [1.165, 1.54) is 19.3 Å². The van der Waals surface area contributed by atoms with E-state index in [1.54, 1.807) is 0 Å². The van der Waals surface area contributed by atoms with Gasteiger partial charge in [0.2, 0.25) is 5.91 Å². The molecule has 0 aromatic rings. The Labute approximate surface area is 96.9 Å². The molecule has 1 aliphatic heterocycles. The molecule has 0 spiro atoms. The van der Waals surface area contributed by atoms with E-state index in [2.05, 4.69) is 12.2 Å². The van der Waals surface area contributed by atoms with Gasteiger partial charge in [0.25, 0.3) is 0 Å². The molecular weight excluding hydrogens is 204 g/mol. The van der Waals surface area contributed by atoms with Crippen molar-refractivity contribution >= 4 is 5.91 Å². The van der Waals surface area contributed by atoms with Crippen molar-refractivity contribution in [2.75, 3.05) is 19.8 Å². The summed E-state index contributed by atoms with van der Waals surface area (Å²) in [5.41, 5.74) is 5.81. The number of hydrogen-bond acceptors (Lipinski definition) is 3. The van der Waals surface area contributed by atoms with E-state index in [9.17, 15) is 4.79 Å². The average Bonchev–Trinajstić information content (AvgIpc) is 2.84. The highest BCUT2D eigenvalue weighted by molar-refractivity contribution is 5.79. The highest BCUT2D eigenvalue weighted by Crippen LogP contribution is 2.30. The Morgan fingerprint density at radius 3 is 2.81 bits per heavy atom. The van der Waals surface area contributed by atoms with Gasteiger partial charge in [-0.1, -0.05) is 19.8 Å². The van der Waals surface area contributed by atoms with Gasteiger partial charge in [0.05, 0.1) is 19.1 Å². The quantitative estimate of drug-likeness (QED) is 0.737. The first-order valence-corrected chi connectivity index (χ1v) is 6.29. The van der Waals surface area contributed by atoms with Gasteiger partial charge in [-0.25, -0.2) is 0 Å². The second-order valence-electron chi connectivity index (χ2n) is 5.22. The maximum Gasteiger partial charge on any atom is 0.227 e. The minimum atomic E-state index is -0.142. The molecule has 0 bridgehead atoms. The van der Waals surface area contributed by atoms with Crippen molar-refractivity contribution in [3.05, 3.63) is 0 Å². The van der Waals surface area contributed by atoms with Crippen LogP contribution in [-0.4, -0.2) is 31.7 Å². The summed E-state index contributed by atoms with van der Waals surface area (Å²) >= 11 is 0. The molecule has 1 aliphatic carbocycles. The number of ether oxygens (including phenoxy) is 1. The lowest BCUT2D eigenvalue weighted by molar-refractivity contribution is -0.125. The summed E-state index contributed by atoms with van der Waals surface area (Å²) in [5.74, 6) is 1.33. The number of amides is 1. The maximum atomic E-state index is 11.8. The van der Waals surface area contributed by atoms with Gasteiger partial charge in [0.15, 0.2) is 0 Å². The predicted octanol–water partition coefficient (Wildman–Crippen LogP) is 0.513. The first-order valence-electron chi connectivity index (χ1n) is 6.29. The topological polar surface area (TPSA) is 64.3 Å². The van der Waals surface area contributed by atoms with E-state index in [-0.39, 0.29) is 17.9 Å². The van der Waals surface area contributed by atoms with Crippen molar-refractivity contribution in [2.45, 2.75) is 32.2 Å². The molecule has 4 atom stereocenters. The van der Waals surface area contributed by atoms with Crippen LogP contribution in [0.4, 0.5) is 0 Å². The molecule has 2 aliphatic rings. The van der Waals surface area contributed by atoms with Crippen molar-refractivity contribution in [1.29, 1.82) is 0 Å². The van der Waals surface area contributed by atoms with Crippen LogP contribution in [0.1, 0.15) is 26.2 Å². The molecule has 0 aromatic heterocycles. The Balaban J connectivity index is 1.75. The third kappa shape index (κ3) is 2.55. The Morgan fingerprint density at radius 2 is 2.25 bits per heavy atom. The number of hydrogen-bond donors (Lipinski definition) is 2. The van der Waals surface area contributed by atoms with E-state index >= 15 is 0 Å². The van der Waals surface area contributed by atoms with Crippen molar-refractivity contribution in [2.24, 2.45) is 23.5 Å². The minimum Gasteiger partial charge on any atom is -0.379 e. The smallest absolute Gasteiger partial charge is 0.227 e. The average molecular weight is 226 g/mol. The summed E-state index contributed by atoms with van der Waals surface area (Å²) in [5, 5.41) is 3.03. The van der Waals surface area contributed by atoms with Crippen molar-refractivity contribution in [3.8, 4) is 0 Å². The van der Waals surface area contributed by atoms with Gasteiger partial charge in [-0.05, 0) is 18.3 Å². The van der Waals surface area contributed by atoms with Gasteiger partial charge < -0.3 is 15.8 Å². The van der Waals surface area contributed by atoms with E-state index in [0.29, 0.717) is 19.1 Å². The molecule has 0 aromatic carbocycles. The summed E-state index contributed by atoms with van der Waals surface area (Å²) in [6.07, 6.45) is 3.84. The lowest BCUT2D eigenvalue weighted by Crippen LogP contribution is -2.42. The van der Waals surface area contributed by atoms with Gasteiger partial charge in [-0.3, -0.25) is 4.79 Å². The van der Waals surface area contributed by atoms with Crippen LogP contribution in [0.3, 0.4) is 0 Å². The molecule has 0 radical (unpaired) electrons. The third-order valence-corrected chi connectivity index (χ3v) is 4.04. The summed E-state index contributed by atoms with van der Waals surface area (Å²) in [7, 11) is 0. The minimum absolute atomic E-state index is 0.0732. The number of carbonyl (C=O) groups is 1. The zero-order valence-corrected chi connectivity index (χ0v) is 9.95. The molecule has 1 saturated heterocycles. The zero-order chi connectivity index (χ0) is 11.5. The van der Waals surface area contributed by atoms with E-state index < -0.39 is 0 Å². The molecule has 1 heterocycles. The standard InChI is InChI=1S/C12H22N2O2/c1-8-3-2-4-9(8)5-14-12(15)10-6-16-7-11(10)13/h8-11H,2-7,13H2,1H3,(H,14,15). The number of nitrogens with two attached hydrogens (primary N) is 1. The predicted molar refractivity (Wildman–Crippen MR) is 61.8 cm³/mol. The van der Waals surface area contributed by atoms with Crippen LogP contribution in [0.2, 0.25) is 0 Å². The summed E-state index contributed by atoms with van der Waals surface area (Å²) in [6.45, 7) is 4.07. The van der Waals surface area contributed by atoms with Crippen molar-refractivity contribution in [3.63, 3.8) is 0 Å². The molecule has 2 rings (SSSR count). The fraction of sp³-hybridized carbons (Fsp3) is 0.917. The first-order chi connectivity index (χ1) is 7.68. The molecule has 1 saturated carbocycles. The van der Waals surface area contributed by atoms with Gasteiger partial charge >= 0.3 is 0 Å². The Kier molecular flexibility index (Phi) is 3.82. The van der Waals surface area contributed by atoms with Crippen molar-refractivity contribution < 1.29 is 9.53 Å². The van der Waals surface area contributed by atoms with Gasteiger partial charge in [0.1, 0.15) is 0 Å². The highest BCUT2D eigenvalue weighted by Gasteiger charge is 2.32. The molecule has 1 amide bonds. The lowest BCUT2D eigenvalue weighted by atomic mass is 9.97. The summed E-state index contributed by atoms with van der Waals surface area (Å²) in [6, 6.07) is -0.124. The molecule has 4 heteroatoms. The van der Waals surface area contributed by atoms with Gasteiger partial charge in [-0.2, -0.15) is 0 Å². The maximum absolute atomic E-state index is 11.8. The van der Waals surface area contributed by atoms with Crippen LogP contribution < -0.4 is 11.1 Å². The Bertz CT molecular complexity index is 257. The van der Waals surface area contributed by atoms with Crippen LogP contribution in [-0.2, 0) is 9.53 Å². The second-order valence-corrected chi connectivity index (χ2v) is 5.22. The largest absolute Gasteiger partial charge is 0.379 e. The SMILES string of the molecule is CC1CCCC1CNC(=O)C1COCC1N. The van der Waals surface area contributed by atoms with E-state index in [0.717, 1.165) is 12.5 Å². The molecule has 3 N–H and O–H groups in total. The molecular formula is C12H22N2O2. The van der Waals surface area contributed by atoms with E-state index in [4.69, 9.17) is 10.5 Å². The summed E-state index contributed by atoms with van der Waals surface area (Å²) < 4.78 is 5.20. The lowest BCUT2D eigenvalue weighted by Gasteiger charge is -2.18. The first kappa shape index (κ1) is 11.9. The second kappa shape index (κ2) is 5.15. The van der Waals surface area contributed by atoms with E-state index in [1.807, 2.05) is 0 Å². The fourth-order valence-corrected chi connectivity index (χ4v) is 2.73. The Morgan fingerprint density at radius 1 is 1.44 bits per heavy atom. The monoisotopic (exact) mass is 226 g/mol. The zero-order valence-electron chi connectivity index (χ0n) is 9.95. The molecule has 4 nitrogen and oxygen atoms in total.